The average Bonchev–Trinajstić information content (AvgIpc) is 2.63. The number of aliphatic hydroxyl groups excluding tert-OH is 5. The van der Waals surface area contributed by atoms with Crippen LogP contribution in [-0.2, 0) is 33.3 Å². The topological polar surface area (TPSA) is 181 Å². The van der Waals surface area contributed by atoms with Crippen LogP contribution in [0.15, 0.2) is 0 Å². The van der Waals surface area contributed by atoms with Gasteiger partial charge in [-0.2, -0.15) is 0 Å². The van der Waals surface area contributed by atoms with Gasteiger partial charge in [0.2, 0.25) is 0 Å². The summed E-state index contributed by atoms with van der Waals surface area (Å²) in [5, 5.41) is 48.7. The Hall–Kier alpha value is -1.38. The van der Waals surface area contributed by atoms with Crippen LogP contribution in [0.5, 0.6) is 0 Å². The Balaban J connectivity index is 2.19. The molecule has 2 saturated heterocycles. The van der Waals surface area contributed by atoms with Crippen LogP contribution in [0.1, 0.15) is 6.92 Å². The van der Waals surface area contributed by atoms with Crippen molar-refractivity contribution in [3.05, 3.63) is 0 Å². The van der Waals surface area contributed by atoms with Crippen molar-refractivity contribution < 1.29 is 58.8 Å². The van der Waals surface area contributed by atoms with Crippen LogP contribution in [0.4, 0.5) is 0 Å². The molecule has 0 aromatic heterocycles. The van der Waals surface area contributed by atoms with E-state index in [0.29, 0.717) is 0 Å². The molecule has 0 bridgehead atoms. The smallest absolute Gasteiger partial charge is 0.303 e. The molecule has 0 aliphatic carbocycles. The Kier molecular flexibility index (Phi) is 7.88. The lowest BCUT2D eigenvalue weighted by molar-refractivity contribution is -0.333. The summed E-state index contributed by atoms with van der Waals surface area (Å²) in [5.74, 6) is -0.785. The number of hydrogen-bond acceptors (Lipinski definition) is 12. The van der Waals surface area contributed by atoms with Crippen LogP contribution in [0, 0.1) is 0 Å². The molecule has 2 rings (SSSR count). The highest BCUT2D eigenvalue weighted by molar-refractivity contribution is 5.66. The van der Waals surface area contributed by atoms with Crippen LogP contribution in [0.3, 0.4) is 0 Å². The first kappa shape index (κ1) is 21.9. The normalized spacial score (nSPS) is 42.4. The number of aliphatic hydroxyl groups is 5. The first-order valence-electron chi connectivity index (χ1n) is 8.28. The maximum atomic E-state index is 11.4. The zero-order valence-electron chi connectivity index (χ0n) is 14.5. The van der Waals surface area contributed by atoms with Crippen molar-refractivity contribution in [1.29, 1.82) is 0 Å². The van der Waals surface area contributed by atoms with Crippen molar-refractivity contribution in [2.75, 3.05) is 19.8 Å². The fourth-order valence-electron chi connectivity index (χ4n) is 3.00. The van der Waals surface area contributed by atoms with Gasteiger partial charge < -0.3 is 49.2 Å². The van der Waals surface area contributed by atoms with Crippen LogP contribution >= 0.6 is 0 Å². The minimum absolute atomic E-state index is 0.0371. The van der Waals surface area contributed by atoms with Gasteiger partial charge in [0.25, 0.3) is 6.47 Å². The second kappa shape index (κ2) is 9.71. The van der Waals surface area contributed by atoms with E-state index in [9.17, 15) is 30.0 Å². The molecule has 156 valence electrons. The van der Waals surface area contributed by atoms with Crippen LogP contribution in [0.2, 0.25) is 0 Å². The van der Waals surface area contributed by atoms with Crippen molar-refractivity contribution in [3.8, 4) is 0 Å². The number of rotatable bonds is 7. The van der Waals surface area contributed by atoms with Gasteiger partial charge in [-0.05, 0) is 0 Å². The van der Waals surface area contributed by atoms with Gasteiger partial charge >= 0.3 is 5.97 Å². The van der Waals surface area contributed by atoms with E-state index in [2.05, 4.69) is 0 Å². The van der Waals surface area contributed by atoms with E-state index < -0.39 is 74.3 Å². The standard InChI is InChI=1S/C15H24O12/c1-6(19)25-14-13(24-5-18)12(22)8(3-17)26-15(14)27-9-4-23-7(2-16)10(20)11(9)21/h5,7-17,20-22H,2-4H2,1H3/t7-,8+,9+,10+,11+,12+,13-,14-,15+/m0/s1. The summed E-state index contributed by atoms with van der Waals surface area (Å²) in [4.78, 5) is 22.2. The molecule has 0 aromatic carbocycles. The SMILES string of the molecule is CC(=O)O[C@@H]1[C@@H](O[C@@H]2CO[C@@H](CO)[C@@H](O)[C@@H]2O)O[C@H](CO)[C@@H](O)[C@@H]1OC=O. The minimum Gasteiger partial charge on any atom is -0.458 e. The Morgan fingerprint density at radius 3 is 2.30 bits per heavy atom. The summed E-state index contributed by atoms with van der Waals surface area (Å²) < 4.78 is 25.9. The first-order chi connectivity index (χ1) is 12.8. The van der Waals surface area contributed by atoms with Crippen molar-refractivity contribution in [2.45, 2.75) is 62.0 Å². The summed E-state index contributed by atoms with van der Waals surface area (Å²) in [5.41, 5.74) is 0. The van der Waals surface area contributed by atoms with E-state index in [1.54, 1.807) is 0 Å². The molecule has 2 aliphatic heterocycles. The molecule has 12 nitrogen and oxygen atoms in total. The number of hydrogen-bond donors (Lipinski definition) is 5. The number of esters is 1. The molecule has 12 heteroatoms. The molecule has 27 heavy (non-hydrogen) atoms. The third-order valence-corrected chi connectivity index (χ3v) is 4.39. The van der Waals surface area contributed by atoms with Crippen molar-refractivity contribution in [2.24, 2.45) is 0 Å². The summed E-state index contributed by atoms with van der Waals surface area (Å²) >= 11 is 0. The van der Waals surface area contributed by atoms with Gasteiger partial charge in [-0.1, -0.05) is 0 Å². The number of carbonyl (C=O) groups is 2. The second-order valence-electron chi connectivity index (χ2n) is 6.20. The van der Waals surface area contributed by atoms with E-state index in [0.717, 1.165) is 6.92 Å². The lowest BCUT2D eigenvalue weighted by Crippen LogP contribution is -2.63. The van der Waals surface area contributed by atoms with Gasteiger partial charge in [-0.15, -0.1) is 0 Å². The third-order valence-electron chi connectivity index (χ3n) is 4.39. The summed E-state index contributed by atoms with van der Waals surface area (Å²) in [6, 6.07) is 0. The molecule has 0 saturated carbocycles. The van der Waals surface area contributed by atoms with Gasteiger partial charge in [-0.3, -0.25) is 9.59 Å². The second-order valence-corrected chi connectivity index (χ2v) is 6.20. The molecule has 0 amide bonds. The van der Waals surface area contributed by atoms with Gasteiger partial charge in [0.1, 0.15) is 36.6 Å². The number of ether oxygens (including phenoxy) is 5. The van der Waals surface area contributed by atoms with Gasteiger partial charge in [0, 0.05) is 6.92 Å². The fourth-order valence-corrected chi connectivity index (χ4v) is 3.00. The van der Waals surface area contributed by atoms with Crippen molar-refractivity contribution in [1.82, 2.24) is 0 Å². The third kappa shape index (κ3) is 4.92. The molecule has 9 atom stereocenters. The van der Waals surface area contributed by atoms with E-state index >= 15 is 0 Å². The van der Waals surface area contributed by atoms with E-state index in [1.807, 2.05) is 0 Å². The molecule has 2 aliphatic rings. The van der Waals surface area contributed by atoms with Crippen LogP contribution < -0.4 is 0 Å². The van der Waals surface area contributed by atoms with Gasteiger partial charge in [-0.25, -0.2) is 0 Å². The Morgan fingerprint density at radius 1 is 1.07 bits per heavy atom. The zero-order valence-corrected chi connectivity index (χ0v) is 14.5. The van der Waals surface area contributed by atoms with E-state index in [-0.39, 0.29) is 13.1 Å². The molecule has 0 aromatic rings. The zero-order chi connectivity index (χ0) is 20.1. The highest BCUT2D eigenvalue weighted by Crippen LogP contribution is 2.29. The first-order valence-corrected chi connectivity index (χ1v) is 8.28. The highest BCUT2D eigenvalue weighted by atomic mass is 16.7. The minimum atomic E-state index is -1.51. The fraction of sp³-hybridized carbons (Fsp3) is 0.867. The van der Waals surface area contributed by atoms with Crippen LogP contribution in [0.25, 0.3) is 0 Å². The summed E-state index contributed by atoms with van der Waals surface area (Å²) in [7, 11) is 0. The molecule has 5 N–H and O–H groups in total. The summed E-state index contributed by atoms with van der Waals surface area (Å²) in [6.07, 6.45) is -12.1. The predicted molar refractivity (Wildman–Crippen MR) is 82.0 cm³/mol. The predicted octanol–water partition coefficient (Wildman–Crippen LogP) is -3.96. The van der Waals surface area contributed by atoms with Crippen LogP contribution in [-0.4, -0.2) is 113 Å². The van der Waals surface area contributed by atoms with Crippen molar-refractivity contribution >= 4 is 12.4 Å². The Morgan fingerprint density at radius 2 is 1.74 bits per heavy atom. The molecular formula is C15H24O12. The maximum Gasteiger partial charge on any atom is 0.303 e. The van der Waals surface area contributed by atoms with E-state index in [4.69, 9.17) is 28.8 Å². The highest BCUT2D eigenvalue weighted by Gasteiger charge is 2.51. The van der Waals surface area contributed by atoms with E-state index in [1.165, 1.54) is 0 Å². The average molecular weight is 396 g/mol. The largest absolute Gasteiger partial charge is 0.458 e. The molecule has 0 unspecified atom stereocenters. The molecular weight excluding hydrogens is 372 g/mol. The monoisotopic (exact) mass is 396 g/mol. The molecule has 0 radical (unpaired) electrons. The lowest BCUT2D eigenvalue weighted by atomic mass is 9.97. The quantitative estimate of drug-likeness (QED) is 0.208. The maximum absolute atomic E-state index is 11.4. The van der Waals surface area contributed by atoms with Gasteiger partial charge in [0.15, 0.2) is 18.5 Å². The van der Waals surface area contributed by atoms with Crippen molar-refractivity contribution in [3.63, 3.8) is 0 Å². The molecule has 2 heterocycles. The Bertz CT molecular complexity index is 501. The lowest BCUT2D eigenvalue weighted by Gasteiger charge is -2.45. The molecule has 0 spiro atoms. The summed E-state index contributed by atoms with van der Waals surface area (Å²) in [6.45, 7) is -0.300. The van der Waals surface area contributed by atoms with Gasteiger partial charge in [0.05, 0.1) is 19.8 Å². The molecule has 2 fully saturated rings. The Labute approximate surface area is 154 Å². The number of carbonyl (C=O) groups excluding carboxylic acids is 2.